The molecule has 0 aliphatic carbocycles. The summed E-state index contributed by atoms with van der Waals surface area (Å²) in [7, 11) is -3.41. The summed E-state index contributed by atoms with van der Waals surface area (Å²) in [6.07, 6.45) is 0.617. The number of rotatable bonds is 9. The highest BCUT2D eigenvalue weighted by Crippen LogP contribution is 2.20. The smallest absolute Gasteiger partial charge is 0.191 e. The molecule has 0 bridgehead atoms. The van der Waals surface area contributed by atoms with E-state index in [1.165, 1.54) is 0 Å². The van der Waals surface area contributed by atoms with Crippen LogP contribution in [0.5, 0.6) is 0 Å². The predicted molar refractivity (Wildman–Crippen MR) is 133 cm³/mol. The van der Waals surface area contributed by atoms with Gasteiger partial charge in [-0.2, -0.15) is 0 Å². The lowest BCUT2D eigenvalue weighted by atomic mass is 9.96. The molecule has 2 unspecified atom stereocenters. The van der Waals surface area contributed by atoms with Crippen LogP contribution in [0, 0.1) is 0 Å². The van der Waals surface area contributed by atoms with E-state index in [0.29, 0.717) is 23.8 Å². The molecule has 2 rings (SSSR count). The van der Waals surface area contributed by atoms with E-state index in [1.807, 2.05) is 44.2 Å². The molecule has 0 radical (unpaired) electrons. The molecule has 2 aromatic rings. The summed E-state index contributed by atoms with van der Waals surface area (Å²) in [5.41, 5.74) is -0.347. The van der Waals surface area contributed by atoms with Crippen molar-refractivity contribution in [1.82, 2.24) is 10.6 Å². The van der Waals surface area contributed by atoms with Gasteiger partial charge in [0.05, 0.1) is 17.2 Å². The first kappa shape index (κ1) is 26.4. The number of guanidine groups is 1. The van der Waals surface area contributed by atoms with Gasteiger partial charge in [0.15, 0.2) is 15.8 Å². The molecule has 2 aromatic carbocycles. The van der Waals surface area contributed by atoms with Crippen LogP contribution in [0.1, 0.15) is 32.8 Å². The number of benzene rings is 2. The van der Waals surface area contributed by atoms with E-state index in [-0.39, 0.29) is 42.3 Å². The van der Waals surface area contributed by atoms with Crippen LogP contribution in [0.25, 0.3) is 0 Å². The first-order chi connectivity index (χ1) is 13.8. The molecule has 0 aliphatic rings. The molecular formula is C22H32IN3O3S. The molecule has 0 heterocycles. The standard InChI is InChI=1S/C22H31N3O3S.HI/c1-4-19(16-29(27,28)20-14-10-7-11-15-20)25-21(23-5-2)24-17-22(3,26)18-12-8-6-9-13-18;/h6-15,19,26H,4-5,16-17H2,1-3H3,(H2,23,24,25);1H. The van der Waals surface area contributed by atoms with Gasteiger partial charge in [-0.05, 0) is 38.0 Å². The zero-order chi connectivity index (χ0) is 21.3. The van der Waals surface area contributed by atoms with Gasteiger partial charge in [0.1, 0.15) is 5.60 Å². The summed E-state index contributed by atoms with van der Waals surface area (Å²) in [6.45, 7) is 6.36. The summed E-state index contributed by atoms with van der Waals surface area (Å²) in [5, 5.41) is 17.1. The molecule has 8 heteroatoms. The molecular weight excluding hydrogens is 513 g/mol. The number of hydrogen-bond donors (Lipinski definition) is 3. The summed E-state index contributed by atoms with van der Waals surface area (Å²) < 4.78 is 25.4. The Morgan fingerprint density at radius 3 is 2.17 bits per heavy atom. The largest absolute Gasteiger partial charge is 0.384 e. The van der Waals surface area contributed by atoms with Crippen LogP contribution < -0.4 is 10.6 Å². The first-order valence-electron chi connectivity index (χ1n) is 9.89. The molecule has 0 saturated heterocycles. The van der Waals surface area contributed by atoms with Crippen molar-refractivity contribution in [2.24, 2.45) is 4.99 Å². The van der Waals surface area contributed by atoms with Crippen molar-refractivity contribution in [2.75, 3.05) is 18.8 Å². The van der Waals surface area contributed by atoms with Crippen molar-refractivity contribution in [2.45, 2.75) is 43.7 Å². The predicted octanol–water partition coefficient (Wildman–Crippen LogP) is 3.32. The van der Waals surface area contributed by atoms with Crippen LogP contribution in [0.4, 0.5) is 0 Å². The van der Waals surface area contributed by atoms with Crippen LogP contribution in [0.2, 0.25) is 0 Å². The van der Waals surface area contributed by atoms with Gasteiger partial charge in [-0.15, -0.1) is 24.0 Å². The normalized spacial score (nSPS) is 14.9. The zero-order valence-corrected chi connectivity index (χ0v) is 20.9. The molecule has 0 aromatic heterocycles. The molecule has 166 valence electrons. The molecule has 2 atom stereocenters. The average molecular weight is 545 g/mol. The molecule has 0 spiro atoms. The highest BCUT2D eigenvalue weighted by Gasteiger charge is 2.24. The maximum absolute atomic E-state index is 12.7. The van der Waals surface area contributed by atoms with Crippen LogP contribution >= 0.6 is 24.0 Å². The fourth-order valence-corrected chi connectivity index (χ4v) is 4.50. The van der Waals surface area contributed by atoms with Gasteiger partial charge >= 0.3 is 0 Å². The average Bonchev–Trinajstić information content (AvgIpc) is 2.73. The molecule has 0 aliphatic heterocycles. The number of aliphatic hydroxyl groups is 1. The van der Waals surface area contributed by atoms with Crippen LogP contribution in [0.15, 0.2) is 70.6 Å². The summed E-state index contributed by atoms with van der Waals surface area (Å²) in [6, 6.07) is 17.5. The number of nitrogens with zero attached hydrogens (tertiary/aromatic N) is 1. The number of aliphatic imine (C=N–C) groups is 1. The van der Waals surface area contributed by atoms with E-state index in [9.17, 15) is 13.5 Å². The van der Waals surface area contributed by atoms with E-state index >= 15 is 0 Å². The SMILES string of the molecule is CCNC(=NCC(C)(O)c1ccccc1)NC(CC)CS(=O)(=O)c1ccccc1.I. The Bertz CT molecular complexity index is 888. The molecule has 0 saturated carbocycles. The van der Waals surface area contributed by atoms with Gasteiger partial charge in [-0.1, -0.05) is 55.5 Å². The van der Waals surface area contributed by atoms with Gasteiger partial charge in [0, 0.05) is 12.6 Å². The lowest BCUT2D eigenvalue weighted by Crippen LogP contribution is -2.46. The second-order valence-electron chi connectivity index (χ2n) is 7.18. The maximum atomic E-state index is 12.7. The van der Waals surface area contributed by atoms with Crippen molar-refractivity contribution in [1.29, 1.82) is 0 Å². The van der Waals surface area contributed by atoms with Gasteiger partial charge in [0.2, 0.25) is 0 Å². The van der Waals surface area contributed by atoms with E-state index < -0.39 is 15.4 Å². The van der Waals surface area contributed by atoms with Crippen molar-refractivity contribution in [3.63, 3.8) is 0 Å². The monoisotopic (exact) mass is 545 g/mol. The molecule has 6 nitrogen and oxygen atoms in total. The topological polar surface area (TPSA) is 90.8 Å². The minimum atomic E-state index is -3.41. The zero-order valence-electron chi connectivity index (χ0n) is 17.7. The molecule has 0 fully saturated rings. The third kappa shape index (κ3) is 7.88. The van der Waals surface area contributed by atoms with Crippen molar-refractivity contribution < 1.29 is 13.5 Å². The molecule has 0 amide bonds. The Morgan fingerprint density at radius 2 is 1.63 bits per heavy atom. The third-order valence-corrected chi connectivity index (χ3v) is 6.47. The Balaban J connectivity index is 0.00000450. The fraction of sp³-hybridized carbons (Fsp3) is 0.409. The Kier molecular flexibility index (Phi) is 10.8. The number of halogens is 1. The third-order valence-electron chi connectivity index (χ3n) is 4.64. The highest BCUT2D eigenvalue weighted by atomic mass is 127. The second kappa shape index (κ2) is 12.3. The van der Waals surface area contributed by atoms with E-state index in [0.717, 1.165) is 5.56 Å². The summed E-state index contributed by atoms with van der Waals surface area (Å²) in [4.78, 5) is 4.82. The van der Waals surface area contributed by atoms with Crippen molar-refractivity contribution >= 4 is 39.8 Å². The van der Waals surface area contributed by atoms with Crippen molar-refractivity contribution in [3.05, 3.63) is 66.2 Å². The van der Waals surface area contributed by atoms with Gasteiger partial charge < -0.3 is 15.7 Å². The highest BCUT2D eigenvalue weighted by molar-refractivity contribution is 14.0. The minimum absolute atomic E-state index is 0. The quantitative estimate of drug-likeness (QED) is 0.256. The number of sulfone groups is 1. The lowest BCUT2D eigenvalue weighted by Gasteiger charge is -2.24. The molecule has 3 N–H and O–H groups in total. The van der Waals surface area contributed by atoms with Crippen molar-refractivity contribution in [3.8, 4) is 0 Å². The first-order valence-corrected chi connectivity index (χ1v) is 11.5. The second-order valence-corrected chi connectivity index (χ2v) is 9.21. The van der Waals surface area contributed by atoms with Crippen LogP contribution in [-0.2, 0) is 15.4 Å². The number of hydrogen-bond acceptors (Lipinski definition) is 4. The summed E-state index contributed by atoms with van der Waals surface area (Å²) in [5.74, 6) is 0.450. The lowest BCUT2D eigenvalue weighted by molar-refractivity contribution is 0.0672. The Hall–Kier alpha value is -1.65. The van der Waals surface area contributed by atoms with Crippen LogP contribution in [-0.4, -0.2) is 44.4 Å². The maximum Gasteiger partial charge on any atom is 0.191 e. The fourth-order valence-electron chi connectivity index (χ4n) is 2.89. The van der Waals surface area contributed by atoms with Crippen LogP contribution in [0.3, 0.4) is 0 Å². The number of nitrogens with one attached hydrogen (secondary N) is 2. The van der Waals surface area contributed by atoms with Gasteiger partial charge in [-0.3, -0.25) is 0 Å². The molecule has 30 heavy (non-hydrogen) atoms. The minimum Gasteiger partial charge on any atom is -0.384 e. The van der Waals surface area contributed by atoms with E-state index in [1.54, 1.807) is 37.3 Å². The van der Waals surface area contributed by atoms with Gasteiger partial charge in [-0.25, -0.2) is 13.4 Å². The summed E-state index contributed by atoms with van der Waals surface area (Å²) >= 11 is 0. The van der Waals surface area contributed by atoms with E-state index in [2.05, 4.69) is 15.6 Å². The van der Waals surface area contributed by atoms with Gasteiger partial charge in [0.25, 0.3) is 0 Å². The Labute approximate surface area is 197 Å². The van der Waals surface area contributed by atoms with E-state index in [4.69, 9.17) is 0 Å². The Morgan fingerprint density at radius 1 is 1.07 bits per heavy atom.